The molecule has 0 aromatic carbocycles. The van der Waals surface area contributed by atoms with E-state index in [4.69, 9.17) is 5.73 Å². The Bertz CT molecular complexity index is 90.9. The lowest BCUT2D eigenvalue weighted by atomic mass is 9.79. The second kappa shape index (κ2) is 3.38. The molecule has 0 spiro atoms. The molecule has 0 aliphatic heterocycles. The highest BCUT2D eigenvalue weighted by atomic mass is 14.6. The van der Waals surface area contributed by atoms with Crippen LogP contribution in [0.2, 0.25) is 0 Å². The molecule has 1 nitrogen and oxygen atoms in total. The second-order valence-electron chi connectivity index (χ2n) is 3.68. The van der Waals surface area contributed by atoms with Gasteiger partial charge in [0.25, 0.3) is 0 Å². The zero-order valence-corrected chi connectivity index (χ0v) is 7.06. The van der Waals surface area contributed by atoms with Crippen molar-refractivity contribution in [2.75, 3.05) is 0 Å². The van der Waals surface area contributed by atoms with Gasteiger partial charge < -0.3 is 5.73 Å². The predicted octanol–water partition coefficient (Wildman–Crippen LogP) is 2.32. The van der Waals surface area contributed by atoms with Gasteiger partial charge in [0.2, 0.25) is 0 Å². The van der Waals surface area contributed by atoms with Crippen molar-refractivity contribution < 1.29 is 0 Å². The highest BCUT2D eigenvalue weighted by molar-refractivity contribution is 4.91. The summed E-state index contributed by atoms with van der Waals surface area (Å²) in [5.74, 6) is 1.71. The molecule has 0 aromatic rings. The molecule has 2 atom stereocenters. The Hall–Kier alpha value is -0.0400. The van der Waals surface area contributed by atoms with Gasteiger partial charge in [-0.15, -0.1) is 0 Å². The largest absolute Gasteiger partial charge is 0.324 e. The fraction of sp³-hybridized carbons (Fsp3) is 0.889. The van der Waals surface area contributed by atoms with Crippen LogP contribution in [0, 0.1) is 17.9 Å². The lowest BCUT2D eigenvalue weighted by Gasteiger charge is -2.29. The minimum Gasteiger partial charge on any atom is -0.324 e. The third-order valence-electron chi connectivity index (χ3n) is 2.47. The fourth-order valence-corrected chi connectivity index (χ4v) is 1.95. The van der Waals surface area contributed by atoms with Crippen LogP contribution in [0.4, 0.5) is 0 Å². The molecule has 1 aliphatic rings. The van der Waals surface area contributed by atoms with E-state index in [2.05, 4.69) is 13.8 Å². The van der Waals surface area contributed by atoms with Gasteiger partial charge in [-0.25, -0.2) is 0 Å². The van der Waals surface area contributed by atoms with E-state index in [1.165, 1.54) is 25.3 Å². The van der Waals surface area contributed by atoms with E-state index in [1.807, 2.05) is 0 Å². The zero-order chi connectivity index (χ0) is 7.56. The van der Waals surface area contributed by atoms with E-state index in [9.17, 15) is 0 Å². The lowest BCUT2D eigenvalue weighted by molar-refractivity contribution is 0.295. The van der Waals surface area contributed by atoms with Gasteiger partial charge in [-0.3, -0.25) is 0 Å². The summed E-state index contributed by atoms with van der Waals surface area (Å²) in [5, 5.41) is 0. The van der Waals surface area contributed by atoms with Crippen molar-refractivity contribution in [1.82, 2.24) is 0 Å². The van der Waals surface area contributed by atoms with Gasteiger partial charge in [-0.2, -0.15) is 0 Å². The first kappa shape index (κ1) is 8.06. The summed E-state index contributed by atoms with van der Waals surface area (Å²) in [7, 11) is 0. The molecule has 1 heteroatoms. The lowest BCUT2D eigenvalue weighted by Crippen LogP contribution is -2.24. The number of nitrogens with two attached hydrogens (primary N) is 1. The van der Waals surface area contributed by atoms with Crippen LogP contribution < -0.4 is 5.73 Å². The second-order valence-corrected chi connectivity index (χ2v) is 3.68. The quantitative estimate of drug-likeness (QED) is 0.594. The van der Waals surface area contributed by atoms with Crippen molar-refractivity contribution in [2.45, 2.75) is 39.5 Å². The Kier molecular flexibility index (Phi) is 2.72. The maximum Gasteiger partial charge on any atom is 0.0342 e. The van der Waals surface area contributed by atoms with Gasteiger partial charge >= 0.3 is 0 Å². The Morgan fingerprint density at radius 1 is 1.50 bits per heavy atom. The number of hydrogen-bond acceptors (Lipinski definition) is 1. The Labute approximate surface area is 64.0 Å². The monoisotopic (exact) mass is 140 g/mol. The van der Waals surface area contributed by atoms with Crippen LogP contribution in [0.25, 0.3) is 0 Å². The molecule has 1 aliphatic carbocycles. The van der Waals surface area contributed by atoms with Crippen LogP contribution in [0.1, 0.15) is 39.5 Å². The summed E-state index contributed by atoms with van der Waals surface area (Å²) in [5.41, 5.74) is 5.81. The highest BCUT2D eigenvalue weighted by Gasteiger charge is 2.22. The number of hydrogen-bond donors (Lipinski definition) is 1. The van der Waals surface area contributed by atoms with Gasteiger partial charge in [0, 0.05) is 6.04 Å². The Morgan fingerprint density at radius 2 is 2.20 bits per heavy atom. The first-order valence-electron chi connectivity index (χ1n) is 4.32. The van der Waals surface area contributed by atoms with Crippen LogP contribution in [-0.2, 0) is 0 Å². The summed E-state index contributed by atoms with van der Waals surface area (Å²) in [4.78, 5) is 0. The van der Waals surface area contributed by atoms with Crippen molar-refractivity contribution >= 4 is 0 Å². The smallest absolute Gasteiger partial charge is 0.0342 e. The van der Waals surface area contributed by atoms with E-state index < -0.39 is 0 Å². The molecule has 0 heterocycles. The van der Waals surface area contributed by atoms with Crippen molar-refractivity contribution in [1.29, 1.82) is 0 Å². The van der Waals surface area contributed by atoms with Crippen molar-refractivity contribution in [3.8, 4) is 0 Å². The van der Waals surface area contributed by atoms with Crippen LogP contribution in [0.15, 0.2) is 0 Å². The molecule has 0 amide bonds. The SMILES string of the molecule is CCC1C[C](N)CC(C)C1. The first-order chi connectivity index (χ1) is 4.72. The Morgan fingerprint density at radius 3 is 2.70 bits per heavy atom. The molecule has 1 rings (SSSR count). The summed E-state index contributed by atoms with van der Waals surface area (Å²) in [6.07, 6.45) is 5.03. The maximum atomic E-state index is 5.81. The highest BCUT2D eigenvalue weighted by Crippen LogP contribution is 2.32. The van der Waals surface area contributed by atoms with Gasteiger partial charge in [-0.1, -0.05) is 20.3 Å². The first-order valence-corrected chi connectivity index (χ1v) is 4.32. The molecule has 0 bridgehead atoms. The molecule has 1 fully saturated rings. The summed E-state index contributed by atoms with van der Waals surface area (Å²) < 4.78 is 0. The van der Waals surface area contributed by atoms with E-state index in [0.717, 1.165) is 18.3 Å². The molecule has 1 saturated carbocycles. The van der Waals surface area contributed by atoms with Crippen LogP contribution in [0.3, 0.4) is 0 Å². The van der Waals surface area contributed by atoms with Gasteiger partial charge in [-0.05, 0) is 31.1 Å². The Balaban J connectivity index is 2.35. The normalized spacial score (nSPS) is 36.3. The molecule has 0 aromatic heterocycles. The molecule has 10 heavy (non-hydrogen) atoms. The molecule has 2 N–H and O–H groups in total. The van der Waals surface area contributed by atoms with E-state index in [0.29, 0.717) is 0 Å². The van der Waals surface area contributed by atoms with Crippen LogP contribution in [0.5, 0.6) is 0 Å². The predicted molar refractivity (Wildman–Crippen MR) is 44.2 cm³/mol. The third-order valence-corrected chi connectivity index (χ3v) is 2.47. The van der Waals surface area contributed by atoms with Gasteiger partial charge in [0.1, 0.15) is 0 Å². The minimum absolute atomic E-state index is 0.832. The summed E-state index contributed by atoms with van der Waals surface area (Å²) in [6, 6.07) is 1.23. The molecule has 2 unspecified atom stereocenters. The van der Waals surface area contributed by atoms with Crippen molar-refractivity contribution in [3.63, 3.8) is 0 Å². The standard InChI is InChI=1S/C9H18N/c1-3-8-4-7(2)5-9(10)6-8/h7-8H,3-6,10H2,1-2H3. The summed E-state index contributed by atoms with van der Waals surface area (Å²) >= 11 is 0. The molecule has 0 saturated heterocycles. The number of rotatable bonds is 1. The van der Waals surface area contributed by atoms with Crippen LogP contribution in [-0.4, -0.2) is 0 Å². The van der Waals surface area contributed by atoms with Crippen molar-refractivity contribution in [2.24, 2.45) is 17.6 Å². The minimum atomic E-state index is 0.832. The molecular formula is C9H18N. The summed E-state index contributed by atoms with van der Waals surface area (Å²) in [6.45, 7) is 4.56. The average molecular weight is 140 g/mol. The van der Waals surface area contributed by atoms with Gasteiger partial charge in [0.05, 0.1) is 0 Å². The molecule has 59 valence electrons. The van der Waals surface area contributed by atoms with Crippen molar-refractivity contribution in [3.05, 3.63) is 6.04 Å². The van der Waals surface area contributed by atoms with E-state index in [-0.39, 0.29) is 0 Å². The van der Waals surface area contributed by atoms with Gasteiger partial charge in [0.15, 0.2) is 0 Å². The fourth-order valence-electron chi connectivity index (χ4n) is 1.95. The maximum absolute atomic E-state index is 5.81. The molecule has 1 radical (unpaired) electrons. The van der Waals surface area contributed by atoms with E-state index in [1.54, 1.807) is 0 Å². The van der Waals surface area contributed by atoms with Crippen LogP contribution >= 0.6 is 0 Å². The average Bonchev–Trinajstić information content (AvgIpc) is 1.85. The zero-order valence-electron chi connectivity index (χ0n) is 7.06. The van der Waals surface area contributed by atoms with E-state index >= 15 is 0 Å². The third kappa shape index (κ3) is 1.98. The topological polar surface area (TPSA) is 26.0 Å². The molecular weight excluding hydrogens is 122 g/mol.